The predicted octanol–water partition coefficient (Wildman–Crippen LogP) is 2.10. The molecule has 2 rings (SSSR count). The van der Waals surface area contributed by atoms with Gasteiger partial charge in [0.1, 0.15) is 11.6 Å². The summed E-state index contributed by atoms with van der Waals surface area (Å²) >= 11 is 0. The first-order valence-electron chi connectivity index (χ1n) is 8.16. The number of nitrogens with zero attached hydrogens (tertiary/aromatic N) is 2. The highest BCUT2D eigenvalue weighted by Crippen LogP contribution is 2.23. The average Bonchev–Trinajstić information content (AvgIpc) is 3.04. The Morgan fingerprint density at radius 1 is 1.46 bits per heavy atom. The molecule has 8 heteroatoms. The van der Waals surface area contributed by atoms with Gasteiger partial charge in [-0.15, -0.1) is 0 Å². The maximum Gasteiger partial charge on any atom is 0.357 e. The molecule has 26 heavy (non-hydrogen) atoms. The van der Waals surface area contributed by atoms with E-state index >= 15 is 0 Å². The third-order valence-electron chi connectivity index (χ3n) is 3.55. The zero-order valence-corrected chi connectivity index (χ0v) is 14.6. The van der Waals surface area contributed by atoms with Gasteiger partial charge in [0.2, 0.25) is 0 Å². The molecule has 0 unspecified atom stereocenters. The number of carbonyl (C=O) groups excluding carboxylic acids is 1. The zero-order chi connectivity index (χ0) is 19.1. The first-order valence-corrected chi connectivity index (χ1v) is 8.16. The zero-order valence-electron chi connectivity index (χ0n) is 14.6. The molecular weight excluding hydrogens is 336 g/mol. The van der Waals surface area contributed by atoms with Crippen molar-refractivity contribution in [2.45, 2.75) is 26.4 Å². The number of hydrogen-bond acceptors (Lipinski definition) is 5. The number of benzene rings is 1. The van der Waals surface area contributed by atoms with Crippen LogP contribution in [0, 0.1) is 11.3 Å². The average molecular weight is 356 g/mol. The van der Waals surface area contributed by atoms with Crippen LogP contribution in [0.25, 0.3) is 17.0 Å². The van der Waals surface area contributed by atoms with Gasteiger partial charge in [-0.2, -0.15) is 10.4 Å². The van der Waals surface area contributed by atoms with Crippen molar-refractivity contribution in [3.05, 3.63) is 35.0 Å². The number of carbonyl (C=O) groups is 2. The van der Waals surface area contributed by atoms with Gasteiger partial charge in [-0.3, -0.25) is 9.89 Å². The van der Waals surface area contributed by atoms with Crippen molar-refractivity contribution in [1.82, 2.24) is 15.5 Å². The van der Waals surface area contributed by atoms with Crippen LogP contribution in [0.15, 0.2) is 23.8 Å². The van der Waals surface area contributed by atoms with E-state index in [1.54, 1.807) is 18.2 Å². The quantitative estimate of drug-likeness (QED) is 0.377. The second-order valence-corrected chi connectivity index (χ2v) is 5.85. The molecule has 2 aromatic rings. The number of fused-ring (bicyclic) bond motifs is 1. The smallest absolute Gasteiger partial charge is 0.357 e. The molecule has 8 nitrogen and oxygen atoms in total. The Morgan fingerprint density at radius 2 is 2.23 bits per heavy atom. The first-order chi connectivity index (χ1) is 12.4. The van der Waals surface area contributed by atoms with Crippen LogP contribution in [-0.4, -0.2) is 46.4 Å². The fourth-order valence-electron chi connectivity index (χ4n) is 2.37. The summed E-state index contributed by atoms with van der Waals surface area (Å²) in [6.45, 7) is 4.74. The van der Waals surface area contributed by atoms with Crippen molar-refractivity contribution in [1.29, 1.82) is 5.26 Å². The SMILES string of the molecule is CC(C)OCCCNC(=O)C(C#N)=Cc1cccc2[nH]nc(C(=O)O)c12. The standard InChI is InChI=1S/C18H20N4O4/c1-11(2)26-8-4-7-20-17(23)13(10-19)9-12-5-3-6-14-15(12)16(18(24)25)22-21-14/h3,5-6,9,11H,4,7-8H2,1-2H3,(H,20,23)(H,21,22)(H,24,25). The van der Waals surface area contributed by atoms with Gasteiger partial charge >= 0.3 is 5.97 Å². The lowest BCUT2D eigenvalue weighted by molar-refractivity contribution is -0.117. The number of aromatic amines is 1. The molecule has 0 fully saturated rings. The minimum atomic E-state index is -1.19. The normalized spacial score (nSPS) is 11.5. The lowest BCUT2D eigenvalue weighted by Crippen LogP contribution is -2.26. The molecule has 1 amide bonds. The van der Waals surface area contributed by atoms with E-state index in [0.29, 0.717) is 36.0 Å². The van der Waals surface area contributed by atoms with Crippen LogP contribution in [0.3, 0.4) is 0 Å². The largest absolute Gasteiger partial charge is 0.476 e. The number of carboxylic acids is 1. The third kappa shape index (κ3) is 4.68. The molecule has 0 aliphatic heterocycles. The number of carboxylic acid groups (broad SMARTS) is 1. The van der Waals surface area contributed by atoms with Crippen LogP contribution in [0.4, 0.5) is 0 Å². The molecule has 0 spiro atoms. The summed E-state index contributed by atoms with van der Waals surface area (Å²) in [5, 5.41) is 27.9. The fraction of sp³-hybridized carbons (Fsp3) is 0.333. The number of rotatable bonds is 8. The minimum absolute atomic E-state index is 0.111. The molecule has 0 radical (unpaired) electrons. The second-order valence-electron chi connectivity index (χ2n) is 5.85. The first kappa shape index (κ1) is 19.1. The Bertz CT molecular complexity index is 877. The number of amides is 1. The molecule has 0 aliphatic carbocycles. The molecule has 0 aliphatic rings. The highest BCUT2D eigenvalue weighted by atomic mass is 16.5. The van der Waals surface area contributed by atoms with Gasteiger partial charge in [0, 0.05) is 18.5 Å². The van der Waals surface area contributed by atoms with Gasteiger partial charge in [0.15, 0.2) is 5.69 Å². The van der Waals surface area contributed by atoms with Crippen LogP contribution in [0.2, 0.25) is 0 Å². The van der Waals surface area contributed by atoms with E-state index < -0.39 is 11.9 Å². The van der Waals surface area contributed by atoms with Crippen LogP contribution in [-0.2, 0) is 9.53 Å². The van der Waals surface area contributed by atoms with Crippen molar-refractivity contribution in [2.75, 3.05) is 13.2 Å². The van der Waals surface area contributed by atoms with Gasteiger partial charge in [-0.05, 0) is 38.0 Å². The minimum Gasteiger partial charge on any atom is -0.476 e. The predicted molar refractivity (Wildman–Crippen MR) is 95.4 cm³/mol. The Labute approximate surface area is 150 Å². The fourth-order valence-corrected chi connectivity index (χ4v) is 2.37. The van der Waals surface area contributed by atoms with Gasteiger partial charge in [0.25, 0.3) is 5.91 Å². The van der Waals surface area contributed by atoms with Crippen LogP contribution >= 0.6 is 0 Å². The van der Waals surface area contributed by atoms with Gasteiger partial charge in [0.05, 0.1) is 11.6 Å². The van der Waals surface area contributed by atoms with E-state index in [-0.39, 0.29) is 17.4 Å². The molecule has 0 saturated heterocycles. The van der Waals surface area contributed by atoms with E-state index in [9.17, 15) is 20.0 Å². The molecular formula is C18H20N4O4. The Morgan fingerprint density at radius 3 is 2.88 bits per heavy atom. The summed E-state index contributed by atoms with van der Waals surface area (Å²) in [4.78, 5) is 23.5. The molecule has 136 valence electrons. The monoisotopic (exact) mass is 356 g/mol. The Balaban J connectivity index is 2.17. The Kier molecular flexibility index (Phi) is 6.47. The molecule has 0 bridgehead atoms. The number of nitriles is 1. The van der Waals surface area contributed by atoms with Crippen molar-refractivity contribution < 1.29 is 19.4 Å². The summed E-state index contributed by atoms with van der Waals surface area (Å²) in [6.07, 6.45) is 2.12. The molecule has 1 aromatic heterocycles. The summed E-state index contributed by atoms with van der Waals surface area (Å²) in [7, 11) is 0. The van der Waals surface area contributed by atoms with E-state index in [1.165, 1.54) is 6.08 Å². The number of nitrogens with one attached hydrogen (secondary N) is 2. The lowest BCUT2D eigenvalue weighted by atomic mass is 10.0. The number of H-pyrrole nitrogens is 1. The molecule has 1 heterocycles. The maximum atomic E-state index is 12.2. The van der Waals surface area contributed by atoms with Crippen molar-refractivity contribution >= 4 is 28.9 Å². The maximum absolute atomic E-state index is 12.2. The van der Waals surface area contributed by atoms with E-state index in [2.05, 4.69) is 15.5 Å². The number of hydrogen-bond donors (Lipinski definition) is 3. The number of aromatic carboxylic acids is 1. The van der Waals surface area contributed by atoms with Gasteiger partial charge in [-0.25, -0.2) is 4.79 Å². The number of aromatic nitrogens is 2. The highest BCUT2D eigenvalue weighted by molar-refractivity contribution is 6.08. The Hall–Kier alpha value is -3.18. The van der Waals surface area contributed by atoms with Crippen molar-refractivity contribution in [3.8, 4) is 6.07 Å². The van der Waals surface area contributed by atoms with Gasteiger partial charge in [-0.1, -0.05) is 12.1 Å². The highest BCUT2D eigenvalue weighted by Gasteiger charge is 2.16. The molecule has 3 N–H and O–H groups in total. The number of ether oxygens (including phenoxy) is 1. The van der Waals surface area contributed by atoms with Crippen molar-refractivity contribution in [2.24, 2.45) is 0 Å². The molecule has 0 saturated carbocycles. The summed E-state index contributed by atoms with van der Waals surface area (Å²) in [5.41, 5.74) is 0.679. The molecule has 1 aromatic carbocycles. The third-order valence-corrected chi connectivity index (χ3v) is 3.55. The van der Waals surface area contributed by atoms with E-state index in [1.807, 2.05) is 19.9 Å². The molecule has 0 atom stereocenters. The van der Waals surface area contributed by atoms with Crippen LogP contribution < -0.4 is 5.32 Å². The second kappa shape index (κ2) is 8.78. The van der Waals surface area contributed by atoms with E-state index in [4.69, 9.17) is 4.74 Å². The summed E-state index contributed by atoms with van der Waals surface area (Å²) in [5.74, 6) is -1.71. The lowest BCUT2D eigenvalue weighted by Gasteiger charge is -2.08. The topological polar surface area (TPSA) is 128 Å². The van der Waals surface area contributed by atoms with Crippen LogP contribution in [0.1, 0.15) is 36.3 Å². The van der Waals surface area contributed by atoms with Crippen molar-refractivity contribution in [3.63, 3.8) is 0 Å². The summed E-state index contributed by atoms with van der Waals surface area (Å²) < 4.78 is 5.38. The summed E-state index contributed by atoms with van der Waals surface area (Å²) in [6, 6.07) is 6.85. The van der Waals surface area contributed by atoms with Gasteiger partial charge < -0.3 is 15.2 Å². The van der Waals surface area contributed by atoms with E-state index in [0.717, 1.165) is 0 Å². The van der Waals surface area contributed by atoms with Crippen LogP contribution in [0.5, 0.6) is 0 Å².